The number of ketones is 1. The normalized spacial score (nSPS) is 18.7. The Bertz CT molecular complexity index is 360. The number of fused-ring (bicyclic) bond motifs is 1. The number of rotatable bonds is 1. The predicted octanol–water partition coefficient (Wildman–Crippen LogP) is 3.06. The Morgan fingerprint density at radius 2 is 2.38 bits per heavy atom. The standard InChI is InChI=1S/C11H12OS/c1-8(12)7-9-3-2-4-11-10(9)5-6-13-11/h5-7H,2-4H2,1H3/b9-7-. The van der Waals surface area contributed by atoms with E-state index in [-0.39, 0.29) is 5.78 Å². The summed E-state index contributed by atoms with van der Waals surface area (Å²) in [5.41, 5.74) is 2.54. The molecule has 0 aromatic carbocycles. The van der Waals surface area contributed by atoms with Gasteiger partial charge in [-0.25, -0.2) is 0 Å². The summed E-state index contributed by atoms with van der Waals surface area (Å²) in [7, 11) is 0. The molecule has 0 N–H and O–H groups in total. The minimum Gasteiger partial charge on any atom is -0.295 e. The van der Waals surface area contributed by atoms with E-state index < -0.39 is 0 Å². The molecule has 1 aliphatic rings. The summed E-state index contributed by atoms with van der Waals surface area (Å²) in [4.78, 5) is 12.4. The molecule has 0 radical (unpaired) electrons. The van der Waals surface area contributed by atoms with E-state index in [9.17, 15) is 4.79 Å². The molecule has 0 saturated heterocycles. The fourth-order valence-corrected chi connectivity index (χ4v) is 2.75. The van der Waals surface area contributed by atoms with E-state index in [1.807, 2.05) is 0 Å². The molecule has 0 fully saturated rings. The van der Waals surface area contributed by atoms with Gasteiger partial charge in [-0.2, -0.15) is 0 Å². The smallest absolute Gasteiger partial charge is 0.152 e. The van der Waals surface area contributed by atoms with Gasteiger partial charge in [-0.1, -0.05) is 0 Å². The van der Waals surface area contributed by atoms with Crippen LogP contribution in [0.15, 0.2) is 17.5 Å². The van der Waals surface area contributed by atoms with Gasteiger partial charge in [0, 0.05) is 4.88 Å². The SMILES string of the molecule is CC(=O)/C=C1/CCCc2sccc21. The second-order valence-corrected chi connectivity index (χ2v) is 4.39. The molecule has 0 spiro atoms. The van der Waals surface area contributed by atoms with Crippen molar-refractivity contribution >= 4 is 22.7 Å². The molecule has 0 bridgehead atoms. The highest BCUT2D eigenvalue weighted by molar-refractivity contribution is 7.10. The first-order valence-electron chi connectivity index (χ1n) is 4.55. The lowest BCUT2D eigenvalue weighted by Crippen LogP contribution is -1.99. The first-order valence-corrected chi connectivity index (χ1v) is 5.43. The zero-order valence-corrected chi connectivity index (χ0v) is 8.49. The fraction of sp³-hybridized carbons (Fsp3) is 0.364. The molecule has 1 aromatic heterocycles. The van der Waals surface area contributed by atoms with Crippen LogP contribution in [0.25, 0.3) is 5.57 Å². The van der Waals surface area contributed by atoms with Gasteiger partial charge in [-0.3, -0.25) is 4.79 Å². The average molecular weight is 192 g/mol. The van der Waals surface area contributed by atoms with Gasteiger partial charge in [-0.05, 0) is 54.8 Å². The molecule has 0 unspecified atom stereocenters. The highest BCUT2D eigenvalue weighted by Gasteiger charge is 2.14. The van der Waals surface area contributed by atoms with Crippen molar-refractivity contribution in [3.8, 4) is 0 Å². The van der Waals surface area contributed by atoms with Crippen molar-refractivity contribution in [1.29, 1.82) is 0 Å². The largest absolute Gasteiger partial charge is 0.295 e. The minimum absolute atomic E-state index is 0.161. The maximum Gasteiger partial charge on any atom is 0.152 e. The molecule has 13 heavy (non-hydrogen) atoms. The first-order chi connectivity index (χ1) is 6.27. The zero-order chi connectivity index (χ0) is 9.26. The molecule has 0 atom stereocenters. The van der Waals surface area contributed by atoms with Crippen LogP contribution in [0.4, 0.5) is 0 Å². The second-order valence-electron chi connectivity index (χ2n) is 3.39. The molecule has 1 heterocycles. The molecule has 2 rings (SSSR count). The van der Waals surface area contributed by atoms with Gasteiger partial charge in [-0.15, -0.1) is 11.3 Å². The lowest BCUT2D eigenvalue weighted by atomic mass is 9.93. The Morgan fingerprint density at radius 1 is 1.54 bits per heavy atom. The van der Waals surface area contributed by atoms with Crippen LogP contribution in [0.2, 0.25) is 0 Å². The molecular formula is C11H12OS. The quantitative estimate of drug-likeness (QED) is 0.625. The summed E-state index contributed by atoms with van der Waals surface area (Å²) >= 11 is 1.80. The maximum absolute atomic E-state index is 11.0. The molecule has 1 aromatic rings. The number of carbonyl (C=O) groups is 1. The zero-order valence-electron chi connectivity index (χ0n) is 7.67. The van der Waals surface area contributed by atoms with Crippen molar-refractivity contribution in [2.24, 2.45) is 0 Å². The van der Waals surface area contributed by atoms with E-state index in [2.05, 4.69) is 11.4 Å². The van der Waals surface area contributed by atoms with Crippen molar-refractivity contribution in [2.45, 2.75) is 26.2 Å². The van der Waals surface area contributed by atoms with Gasteiger partial charge in [0.25, 0.3) is 0 Å². The summed E-state index contributed by atoms with van der Waals surface area (Å²) in [6.07, 6.45) is 5.21. The molecule has 2 heteroatoms. The number of allylic oxidation sites excluding steroid dienone is 2. The predicted molar refractivity (Wildman–Crippen MR) is 55.9 cm³/mol. The van der Waals surface area contributed by atoms with Crippen LogP contribution >= 0.6 is 11.3 Å². The van der Waals surface area contributed by atoms with Crippen LogP contribution in [-0.2, 0) is 11.2 Å². The number of thiophene rings is 1. The molecule has 0 aliphatic heterocycles. The van der Waals surface area contributed by atoms with E-state index >= 15 is 0 Å². The van der Waals surface area contributed by atoms with Crippen molar-refractivity contribution in [1.82, 2.24) is 0 Å². The summed E-state index contributed by atoms with van der Waals surface area (Å²) in [6.45, 7) is 1.62. The molecule has 1 nitrogen and oxygen atoms in total. The first kappa shape index (κ1) is 8.70. The van der Waals surface area contributed by atoms with Crippen molar-refractivity contribution < 1.29 is 4.79 Å². The van der Waals surface area contributed by atoms with Crippen molar-refractivity contribution in [3.63, 3.8) is 0 Å². The molecule has 1 aliphatic carbocycles. The van der Waals surface area contributed by atoms with Crippen molar-refractivity contribution in [3.05, 3.63) is 28.0 Å². The van der Waals surface area contributed by atoms with E-state index in [1.165, 1.54) is 28.9 Å². The Kier molecular flexibility index (Phi) is 2.32. The van der Waals surface area contributed by atoms with Crippen molar-refractivity contribution in [2.75, 3.05) is 0 Å². The van der Waals surface area contributed by atoms with Gasteiger partial charge >= 0.3 is 0 Å². The van der Waals surface area contributed by atoms with Gasteiger partial charge in [0.1, 0.15) is 0 Å². The summed E-state index contributed by atoms with van der Waals surface area (Å²) in [5, 5.41) is 2.12. The van der Waals surface area contributed by atoms with Crippen LogP contribution in [0.1, 0.15) is 30.2 Å². The van der Waals surface area contributed by atoms with E-state index in [0.29, 0.717) is 0 Å². The number of carbonyl (C=O) groups excluding carboxylic acids is 1. The Hall–Kier alpha value is -0.890. The molecule has 0 saturated carbocycles. The maximum atomic E-state index is 11.0. The Morgan fingerprint density at radius 3 is 3.15 bits per heavy atom. The lowest BCUT2D eigenvalue weighted by molar-refractivity contribution is -0.112. The number of aryl methyl sites for hydroxylation is 1. The van der Waals surface area contributed by atoms with Crippen LogP contribution in [0, 0.1) is 0 Å². The average Bonchev–Trinajstić information content (AvgIpc) is 2.51. The second kappa shape index (κ2) is 3.46. The molecular weight excluding hydrogens is 180 g/mol. The van der Waals surface area contributed by atoms with Crippen LogP contribution in [0.3, 0.4) is 0 Å². The topological polar surface area (TPSA) is 17.1 Å². The van der Waals surface area contributed by atoms with Crippen LogP contribution < -0.4 is 0 Å². The van der Waals surface area contributed by atoms with E-state index in [1.54, 1.807) is 24.3 Å². The monoisotopic (exact) mass is 192 g/mol. The van der Waals surface area contributed by atoms with E-state index in [4.69, 9.17) is 0 Å². The number of hydrogen-bond donors (Lipinski definition) is 0. The lowest BCUT2D eigenvalue weighted by Gasteiger charge is -2.13. The summed E-state index contributed by atoms with van der Waals surface area (Å²) in [6, 6.07) is 2.13. The Labute approximate surface area is 82.1 Å². The van der Waals surface area contributed by atoms with Gasteiger partial charge < -0.3 is 0 Å². The van der Waals surface area contributed by atoms with Crippen LogP contribution in [0.5, 0.6) is 0 Å². The summed E-state index contributed by atoms with van der Waals surface area (Å²) < 4.78 is 0. The fourth-order valence-electron chi connectivity index (χ4n) is 1.79. The molecule has 0 amide bonds. The minimum atomic E-state index is 0.161. The third kappa shape index (κ3) is 1.73. The van der Waals surface area contributed by atoms with Gasteiger partial charge in [0.05, 0.1) is 0 Å². The van der Waals surface area contributed by atoms with Gasteiger partial charge in [0.2, 0.25) is 0 Å². The molecule has 68 valence electrons. The Balaban J connectivity index is 2.40. The third-order valence-electron chi connectivity index (χ3n) is 2.32. The third-order valence-corrected chi connectivity index (χ3v) is 3.30. The highest BCUT2D eigenvalue weighted by atomic mass is 32.1. The number of hydrogen-bond acceptors (Lipinski definition) is 2. The summed E-state index contributed by atoms with van der Waals surface area (Å²) in [5.74, 6) is 0.161. The highest BCUT2D eigenvalue weighted by Crippen LogP contribution is 2.33. The van der Waals surface area contributed by atoms with E-state index in [0.717, 1.165) is 6.42 Å². The van der Waals surface area contributed by atoms with Gasteiger partial charge in [0.15, 0.2) is 5.78 Å². The van der Waals surface area contributed by atoms with Crippen LogP contribution in [-0.4, -0.2) is 5.78 Å².